The average Bonchev–Trinajstić information content (AvgIpc) is 3.27. The zero-order valence-electron chi connectivity index (χ0n) is 32.2. The second-order valence-electron chi connectivity index (χ2n) is 14.2. The van der Waals surface area contributed by atoms with Crippen molar-refractivity contribution in [2.45, 2.75) is 63.4 Å². The molecule has 0 unspecified atom stereocenters. The van der Waals surface area contributed by atoms with Gasteiger partial charge in [-0.15, -0.1) is 0 Å². The first kappa shape index (κ1) is 41.8. The molecule has 0 aromatic heterocycles. The Morgan fingerprint density at radius 2 is 1.02 bits per heavy atom. The van der Waals surface area contributed by atoms with E-state index in [9.17, 15) is 5.11 Å². The lowest BCUT2D eigenvalue weighted by Gasteiger charge is -2.47. The maximum absolute atomic E-state index is 9.83. The zero-order valence-corrected chi connectivity index (χ0v) is 34.5. The van der Waals surface area contributed by atoms with Crippen LogP contribution in [0.25, 0.3) is 0 Å². The van der Waals surface area contributed by atoms with Gasteiger partial charge in [-0.25, -0.2) is 0 Å². The predicted molar refractivity (Wildman–Crippen MR) is 230 cm³/mol. The SMILES string of the molecule is OCCOc1c(Cl)c(Cc2ccccc2)cc([C@@H]2O[C@H](COCc3ccccc3)[C@@H](OCc3ccccc3)[C@H](OCc3ccccc3)[C@H]2OCc2ccccc2)c1Br. The van der Waals surface area contributed by atoms with Crippen molar-refractivity contribution in [2.24, 2.45) is 0 Å². The smallest absolute Gasteiger partial charge is 0.152 e. The van der Waals surface area contributed by atoms with E-state index in [1.54, 1.807) is 0 Å². The van der Waals surface area contributed by atoms with Gasteiger partial charge < -0.3 is 33.5 Å². The number of rotatable bonds is 19. The molecule has 0 saturated carbocycles. The lowest BCUT2D eigenvalue weighted by molar-refractivity contribution is -0.275. The minimum absolute atomic E-state index is 0.0557. The van der Waals surface area contributed by atoms with Crippen LogP contribution < -0.4 is 4.74 Å². The highest BCUT2D eigenvalue weighted by atomic mass is 79.9. The van der Waals surface area contributed by atoms with Gasteiger partial charge in [0.2, 0.25) is 0 Å². The van der Waals surface area contributed by atoms with Crippen LogP contribution in [0.1, 0.15) is 45.0 Å². The normalized spacial score (nSPS) is 19.2. The van der Waals surface area contributed by atoms with E-state index in [2.05, 4.69) is 34.1 Å². The van der Waals surface area contributed by atoms with E-state index < -0.39 is 30.5 Å². The molecule has 9 heteroatoms. The zero-order chi connectivity index (χ0) is 39.9. The van der Waals surface area contributed by atoms with Crippen LogP contribution in [0.3, 0.4) is 0 Å². The second-order valence-corrected chi connectivity index (χ2v) is 15.4. The van der Waals surface area contributed by atoms with Crippen LogP contribution >= 0.6 is 27.5 Å². The van der Waals surface area contributed by atoms with Crippen molar-refractivity contribution < 1.29 is 33.5 Å². The topological polar surface area (TPSA) is 75.6 Å². The van der Waals surface area contributed by atoms with Gasteiger partial charge in [-0.2, -0.15) is 0 Å². The summed E-state index contributed by atoms with van der Waals surface area (Å²) in [5, 5.41) is 10.3. The van der Waals surface area contributed by atoms with E-state index >= 15 is 0 Å². The lowest BCUT2D eigenvalue weighted by Crippen LogP contribution is -2.58. The molecule has 7 rings (SSSR count). The summed E-state index contributed by atoms with van der Waals surface area (Å²) in [7, 11) is 0. The summed E-state index contributed by atoms with van der Waals surface area (Å²) in [5.41, 5.74) is 6.78. The molecular weight excluding hydrogens is 816 g/mol. The fourth-order valence-corrected chi connectivity index (χ4v) is 8.19. The first-order valence-electron chi connectivity index (χ1n) is 19.6. The maximum atomic E-state index is 9.83. The number of aliphatic hydroxyl groups excluding tert-OH is 1. The Morgan fingerprint density at radius 3 is 1.52 bits per heavy atom. The highest BCUT2D eigenvalue weighted by Gasteiger charge is 2.50. The van der Waals surface area contributed by atoms with E-state index in [1.807, 2.05) is 140 Å². The van der Waals surface area contributed by atoms with Crippen molar-refractivity contribution in [3.63, 3.8) is 0 Å². The van der Waals surface area contributed by atoms with Gasteiger partial charge in [0.1, 0.15) is 37.1 Å². The minimum atomic E-state index is -0.705. The van der Waals surface area contributed by atoms with Gasteiger partial charge >= 0.3 is 0 Å². The van der Waals surface area contributed by atoms with Crippen LogP contribution in [0, 0.1) is 0 Å². The Hall–Kier alpha value is -4.35. The van der Waals surface area contributed by atoms with E-state index in [0.717, 1.165) is 38.9 Å². The van der Waals surface area contributed by atoms with Gasteiger partial charge in [-0.05, 0) is 61.8 Å². The van der Waals surface area contributed by atoms with E-state index in [0.29, 0.717) is 48.1 Å². The van der Waals surface area contributed by atoms with Gasteiger partial charge in [0.05, 0.1) is 49.1 Å². The number of aliphatic hydroxyl groups is 1. The second kappa shape index (κ2) is 21.6. The Bertz CT molecular complexity index is 2110. The summed E-state index contributed by atoms with van der Waals surface area (Å²) < 4.78 is 41.4. The molecule has 58 heavy (non-hydrogen) atoms. The molecule has 300 valence electrons. The number of ether oxygens (including phenoxy) is 6. The summed E-state index contributed by atoms with van der Waals surface area (Å²) in [6.07, 6.45) is -2.66. The number of benzene rings is 6. The Balaban J connectivity index is 1.33. The van der Waals surface area contributed by atoms with Crippen LogP contribution in [0.4, 0.5) is 0 Å². The molecule has 6 aromatic carbocycles. The van der Waals surface area contributed by atoms with Gasteiger partial charge in [0.25, 0.3) is 0 Å². The van der Waals surface area contributed by atoms with Crippen LogP contribution in [0.5, 0.6) is 5.75 Å². The molecule has 6 aromatic rings. The fourth-order valence-electron chi connectivity index (χ4n) is 7.15. The van der Waals surface area contributed by atoms with E-state index in [4.69, 9.17) is 40.0 Å². The van der Waals surface area contributed by atoms with Crippen molar-refractivity contribution in [3.05, 3.63) is 206 Å². The molecule has 0 spiro atoms. The summed E-state index contributed by atoms with van der Waals surface area (Å²) >= 11 is 11.0. The third-order valence-corrected chi connectivity index (χ3v) is 11.3. The number of halogens is 2. The molecule has 1 aliphatic rings. The highest BCUT2D eigenvalue weighted by Crippen LogP contribution is 2.47. The molecule has 1 heterocycles. The molecule has 5 atom stereocenters. The Kier molecular flexibility index (Phi) is 15.6. The van der Waals surface area contributed by atoms with Crippen LogP contribution in [-0.2, 0) is 56.5 Å². The van der Waals surface area contributed by atoms with Crippen LogP contribution in [0.15, 0.2) is 162 Å². The van der Waals surface area contributed by atoms with Crippen molar-refractivity contribution in [1.29, 1.82) is 0 Å². The van der Waals surface area contributed by atoms with E-state index in [1.165, 1.54) is 0 Å². The summed E-state index contributed by atoms with van der Waals surface area (Å²) in [4.78, 5) is 0. The molecule has 1 aliphatic heterocycles. The predicted octanol–water partition coefficient (Wildman–Crippen LogP) is 10.5. The van der Waals surface area contributed by atoms with Gasteiger partial charge in [0, 0.05) is 5.56 Å². The molecular formula is C49H48BrClO7. The summed E-state index contributed by atoms with van der Waals surface area (Å²) in [6, 6.07) is 52.5. The number of hydrogen-bond acceptors (Lipinski definition) is 7. The van der Waals surface area contributed by atoms with Crippen LogP contribution in [-0.4, -0.2) is 49.3 Å². The Labute approximate surface area is 354 Å². The molecule has 0 aliphatic carbocycles. The molecule has 1 saturated heterocycles. The van der Waals surface area contributed by atoms with E-state index in [-0.39, 0.29) is 19.8 Å². The van der Waals surface area contributed by atoms with Crippen molar-refractivity contribution >= 4 is 27.5 Å². The Morgan fingerprint density at radius 1 is 0.569 bits per heavy atom. The monoisotopic (exact) mass is 862 g/mol. The van der Waals surface area contributed by atoms with Crippen molar-refractivity contribution in [3.8, 4) is 5.75 Å². The minimum Gasteiger partial charge on any atom is -0.488 e. The molecule has 1 fully saturated rings. The fraction of sp³-hybridized carbons (Fsp3) is 0.265. The summed E-state index contributed by atoms with van der Waals surface area (Å²) in [5.74, 6) is 0.422. The van der Waals surface area contributed by atoms with Gasteiger partial charge in [-0.1, -0.05) is 163 Å². The highest BCUT2D eigenvalue weighted by molar-refractivity contribution is 9.10. The maximum Gasteiger partial charge on any atom is 0.152 e. The van der Waals surface area contributed by atoms with Crippen molar-refractivity contribution in [1.82, 2.24) is 0 Å². The third kappa shape index (κ3) is 11.2. The lowest BCUT2D eigenvalue weighted by atomic mass is 9.89. The first-order valence-corrected chi connectivity index (χ1v) is 20.8. The molecule has 0 radical (unpaired) electrons. The number of hydrogen-bond donors (Lipinski definition) is 1. The quantitative estimate of drug-likeness (QED) is 0.0869. The molecule has 1 N–H and O–H groups in total. The van der Waals surface area contributed by atoms with Crippen molar-refractivity contribution in [2.75, 3.05) is 19.8 Å². The van der Waals surface area contributed by atoms with Crippen LogP contribution in [0.2, 0.25) is 5.02 Å². The average molecular weight is 864 g/mol. The van der Waals surface area contributed by atoms with Gasteiger partial charge in [-0.3, -0.25) is 0 Å². The molecule has 7 nitrogen and oxygen atoms in total. The standard InChI is InChI=1S/C49H48BrClO7/c50-43-41(29-40(28-35-16-6-1-7-17-35)44(51)47(43)54-27-26-52)45-48(56-32-38-22-12-4-13-23-38)49(57-33-39-24-14-5-15-25-39)46(55-31-37-20-10-3-11-21-37)42(58-45)34-53-30-36-18-8-2-9-19-36/h1-25,29,42,45-46,48-49,52H,26-28,30-34H2/t42-,45+,46-,48+,49+/m1/s1. The molecule has 0 amide bonds. The summed E-state index contributed by atoms with van der Waals surface area (Å²) in [6.45, 7) is 1.44. The molecule has 0 bridgehead atoms. The first-order chi connectivity index (χ1) is 28.6. The van der Waals surface area contributed by atoms with Gasteiger partial charge in [0.15, 0.2) is 5.75 Å². The third-order valence-electron chi connectivity index (χ3n) is 10.0. The largest absolute Gasteiger partial charge is 0.488 e.